The average molecular weight is 321 g/mol. The second kappa shape index (κ2) is 7.69. The summed E-state index contributed by atoms with van der Waals surface area (Å²) >= 11 is 0. The van der Waals surface area contributed by atoms with E-state index in [-0.39, 0.29) is 19.1 Å². The topological polar surface area (TPSA) is 69.6 Å². The summed E-state index contributed by atoms with van der Waals surface area (Å²) < 4.78 is 27.3. The van der Waals surface area contributed by atoms with Gasteiger partial charge in [-0.05, 0) is 24.1 Å². The number of phenols is 1. The number of rotatable bonds is 6. The van der Waals surface area contributed by atoms with E-state index >= 15 is 0 Å². The van der Waals surface area contributed by atoms with Crippen LogP contribution in [0.1, 0.15) is 28.3 Å². The maximum Gasteiger partial charge on any atom is 0.257 e. The number of carbonyl (C=O) groups is 1. The van der Waals surface area contributed by atoms with Gasteiger partial charge in [0.25, 0.3) is 5.91 Å². The van der Waals surface area contributed by atoms with Gasteiger partial charge in [0.2, 0.25) is 0 Å². The lowest BCUT2D eigenvalue weighted by Gasteiger charge is -2.17. The molecule has 6 heteroatoms. The van der Waals surface area contributed by atoms with Gasteiger partial charge < -0.3 is 15.5 Å². The number of amides is 1. The lowest BCUT2D eigenvalue weighted by molar-refractivity contribution is 0.0940. The Morgan fingerprint density at radius 2 is 1.83 bits per heavy atom. The van der Waals surface area contributed by atoms with Crippen molar-refractivity contribution in [3.05, 3.63) is 65.2 Å². The second-order valence-corrected chi connectivity index (χ2v) is 5.09. The first-order valence-electron chi connectivity index (χ1n) is 7.15. The van der Waals surface area contributed by atoms with Crippen LogP contribution in [-0.2, 0) is 0 Å². The van der Waals surface area contributed by atoms with Crippen molar-refractivity contribution in [1.29, 1.82) is 0 Å². The van der Waals surface area contributed by atoms with Gasteiger partial charge in [0.1, 0.15) is 11.4 Å². The van der Waals surface area contributed by atoms with Crippen LogP contribution in [0.5, 0.6) is 5.75 Å². The van der Waals surface area contributed by atoms with Crippen molar-refractivity contribution >= 4 is 5.91 Å². The predicted octanol–water partition coefficient (Wildman–Crippen LogP) is 2.57. The zero-order valence-electron chi connectivity index (χ0n) is 12.3. The zero-order chi connectivity index (χ0) is 16.8. The molecular formula is C17H17F2NO3. The summed E-state index contributed by atoms with van der Waals surface area (Å²) in [4.78, 5) is 12.0. The highest BCUT2D eigenvalue weighted by atomic mass is 19.1. The van der Waals surface area contributed by atoms with Crippen LogP contribution in [0.25, 0.3) is 0 Å². The average Bonchev–Trinajstić information content (AvgIpc) is 2.56. The summed E-state index contributed by atoms with van der Waals surface area (Å²) in [7, 11) is 0. The van der Waals surface area contributed by atoms with Gasteiger partial charge >= 0.3 is 0 Å². The largest absolute Gasteiger partial charge is 0.505 e. The predicted molar refractivity (Wildman–Crippen MR) is 81.2 cm³/mol. The molecule has 122 valence electrons. The fourth-order valence-corrected chi connectivity index (χ4v) is 2.32. The van der Waals surface area contributed by atoms with Gasteiger partial charge in [-0.2, -0.15) is 0 Å². The number of carbonyl (C=O) groups excluding carboxylic acids is 1. The minimum atomic E-state index is -1.29. The Morgan fingerprint density at radius 3 is 2.48 bits per heavy atom. The molecule has 0 radical (unpaired) electrons. The molecule has 0 aromatic heterocycles. The number of aliphatic hydroxyl groups excluding tert-OH is 1. The first kappa shape index (κ1) is 16.9. The normalized spacial score (nSPS) is 12.0. The lowest BCUT2D eigenvalue weighted by Crippen LogP contribution is -2.30. The number of hydrogen-bond acceptors (Lipinski definition) is 3. The van der Waals surface area contributed by atoms with Crippen molar-refractivity contribution in [1.82, 2.24) is 5.32 Å². The van der Waals surface area contributed by atoms with Crippen LogP contribution in [0.3, 0.4) is 0 Å². The van der Waals surface area contributed by atoms with Crippen molar-refractivity contribution in [2.75, 3.05) is 13.2 Å². The molecule has 0 fully saturated rings. The maximum atomic E-state index is 13.7. The zero-order valence-corrected chi connectivity index (χ0v) is 12.3. The molecule has 3 N–H and O–H groups in total. The summed E-state index contributed by atoms with van der Waals surface area (Å²) in [5.74, 6) is -4.26. The van der Waals surface area contributed by atoms with E-state index in [2.05, 4.69) is 5.32 Å². The first-order chi connectivity index (χ1) is 11.0. The Kier molecular flexibility index (Phi) is 5.65. The fraction of sp³-hybridized carbons (Fsp3) is 0.235. The third-order valence-corrected chi connectivity index (χ3v) is 3.56. The highest BCUT2D eigenvalue weighted by Gasteiger charge is 2.21. The SMILES string of the molecule is O=C(NC[C@H](CCO)c1ccccc1)c1c(F)ccc(O)c1F. The molecule has 2 aromatic carbocycles. The molecule has 0 spiro atoms. The van der Waals surface area contributed by atoms with Gasteiger partial charge in [-0.25, -0.2) is 8.78 Å². The van der Waals surface area contributed by atoms with Crippen LogP contribution in [-0.4, -0.2) is 29.3 Å². The number of nitrogens with one attached hydrogen (secondary N) is 1. The number of aliphatic hydroxyl groups is 1. The summed E-state index contributed by atoms with van der Waals surface area (Å²) in [5.41, 5.74) is 0.0829. The number of halogens is 2. The van der Waals surface area contributed by atoms with E-state index in [1.54, 1.807) is 0 Å². The van der Waals surface area contributed by atoms with E-state index < -0.39 is 28.9 Å². The van der Waals surface area contributed by atoms with E-state index in [0.29, 0.717) is 6.42 Å². The molecule has 2 rings (SSSR count). The smallest absolute Gasteiger partial charge is 0.257 e. The summed E-state index contributed by atoms with van der Waals surface area (Å²) in [5, 5.41) is 20.8. The van der Waals surface area contributed by atoms with Crippen LogP contribution in [0.4, 0.5) is 8.78 Å². The Morgan fingerprint density at radius 1 is 1.13 bits per heavy atom. The van der Waals surface area contributed by atoms with E-state index in [1.165, 1.54) is 0 Å². The monoisotopic (exact) mass is 321 g/mol. The minimum absolute atomic E-state index is 0.0791. The molecule has 0 bridgehead atoms. The van der Waals surface area contributed by atoms with Crippen molar-refractivity contribution in [3.8, 4) is 5.75 Å². The molecule has 23 heavy (non-hydrogen) atoms. The molecule has 0 unspecified atom stereocenters. The van der Waals surface area contributed by atoms with Gasteiger partial charge in [-0.1, -0.05) is 30.3 Å². The molecule has 0 aliphatic carbocycles. The molecule has 2 aromatic rings. The van der Waals surface area contributed by atoms with E-state index in [0.717, 1.165) is 17.7 Å². The Balaban J connectivity index is 2.12. The standard InChI is InChI=1S/C17H17F2NO3/c18-13-6-7-14(22)16(19)15(13)17(23)20-10-12(8-9-21)11-4-2-1-3-5-11/h1-7,12,21-22H,8-10H2,(H,20,23)/t12-/m0/s1. The molecule has 1 atom stereocenters. The van der Waals surface area contributed by atoms with Gasteiger partial charge in [0.15, 0.2) is 11.6 Å². The van der Waals surface area contributed by atoms with E-state index in [1.807, 2.05) is 30.3 Å². The third-order valence-electron chi connectivity index (χ3n) is 3.56. The minimum Gasteiger partial charge on any atom is -0.505 e. The highest BCUT2D eigenvalue weighted by Crippen LogP contribution is 2.22. The maximum absolute atomic E-state index is 13.7. The highest BCUT2D eigenvalue weighted by molar-refractivity contribution is 5.95. The van der Waals surface area contributed by atoms with E-state index in [9.17, 15) is 18.7 Å². The molecule has 0 heterocycles. The molecule has 0 aliphatic rings. The Bertz CT molecular complexity index is 677. The number of phenolic OH excluding ortho intramolecular Hbond substituents is 1. The van der Waals surface area contributed by atoms with Crippen LogP contribution in [0.2, 0.25) is 0 Å². The number of aromatic hydroxyl groups is 1. The first-order valence-corrected chi connectivity index (χ1v) is 7.15. The lowest BCUT2D eigenvalue weighted by atomic mass is 9.96. The van der Waals surface area contributed by atoms with Crippen molar-refractivity contribution in [2.45, 2.75) is 12.3 Å². The number of benzene rings is 2. The van der Waals surface area contributed by atoms with Gasteiger partial charge in [-0.15, -0.1) is 0 Å². The molecule has 0 saturated carbocycles. The summed E-state index contributed by atoms with van der Waals surface area (Å²) in [6.45, 7) is 0.0300. The van der Waals surface area contributed by atoms with Gasteiger partial charge in [0, 0.05) is 19.1 Å². The molecule has 4 nitrogen and oxygen atoms in total. The van der Waals surface area contributed by atoms with Crippen molar-refractivity contribution in [2.24, 2.45) is 0 Å². The van der Waals surface area contributed by atoms with Gasteiger partial charge in [0.05, 0.1) is 0 Å². The van der Waals surface area contributed by atoms with Crippen LogP contribution in [0, 0.1) is 11.6 Å². The molecule has 1 amide bonds. The van der Waals surface area contributed by atoms with Crippen LogP contribution < -0.4 is 5.32 Å². The van der Waals surface area contributed by atoms with Crippen LogP contribution >= 0.6 is 0 Å². The van der Waals surface area contributed by atoms with Crippen molar-refractivity contribution in [3.63, 3.8) is 0 Å². The summed E-state index contributed by atoms with van der Waals surface area (Å²) in [6, 6.07) is 10.9. The quantitative estimate of drug-likeness (QED) is 0.766. The molecular weight excluding hydrogens is 304 g/mol. The second-order valence-electron chi connectivity index (χ2n) is 5.09. The molecule has 0 aliphatic heterocycles. The van der Waals surface area contributed by atoms with Crippen molar-refractivity contribution < 1.29 is 23.8 Å². The van der Waals surface area contributed by atoms with E-state index in [4.69, 9.17) is 5.11 Å². The fourth-order valence-electron chi connectivity index (χ4n) is 2.32. The Labute approximate surface area is 132 Å². The summed E-state index contributed by atoms with van der Waals surface area (Å²) in [6.07, 6.45) is 0.398. The Hall–Kier alpha value is -2.47. The van der Waals surface area contributed by atoms with Crippen LogP contribution in [0.15, 0.2) is 42.5 Å². The van der Waals surface area contributed by atoms with Gasteiger partial charge in [-0.3, -0.25) is 4.79 Å². The third kappa shape index (κ3) is 4.04. The molecule has 0 saturated heterocycles. The number of hydrogen-bond donors (Lipinski definition) is 3.